The molecule has 2 aromatic heterocycles. The SMILES string of the molecule is CCC(=O)C1=C(C2(CC)CC2)C(C)CC2=C1CCc1cnc(Oc3nc(Cl)nc4c3CN(CC(F)P)CC4)c(P)c12. The Morgan fingerprint density at radius 3 is 2.68 bits per heavy atom. The number of ketones is 1. The summed E-state index contributed by atoms with van der Waals surface area (Å²) < 4.78 is 20.2. The number of aromatic nitrogens is 3. The first kappa shape index (κ1) is 29.3. The van der Waals surface area contributed by atoms with Crippen LogP contribution in [0.25, 0.3) is 5.57 Å². The van der Waals surface area contributed by atoms with E-state index in [-0.39, 0.29) is 16.5 Å². The van der Waals surface area contributed by atoms with Gasteiger partial charge in [-0.3, -0.25) is 9.69 Å². The highest BCUT2D eigenvalue weighted by molar-refractivity contribution is 7.28. The molecule has 0 saturated heterocycles. The van der Waals surface area contributed by atoms with Crippen molar-refractivity contribution in [2.24, 2.45) is 11.3 Å². The molecule has 6 nitrogen and oxygen atoms in total. The Morgan fingerprint density at radius 1 is 1.22 bits per heavy atom. The zero-order valence-corrected chi connectivity index (χ0v) is 27.1. The second kappa shape index (κ2) is 11.4. The van der Waals surface area contributed by atoms with Crippen molar-refractivity contribution in [3.05, 3.63) is 50.6 Å². The standard InChI is InChI=1S/C31H38ClFN4O2P2/c1-4-22(38)25-18-7-6-17-13-34-29(27(41)24(17)19(18)12-16(3)26(25)31(5-2)9-10-31)39-28-20-14-37(15-23(33)40)11-8-21(20)35-30(32)36-28/h13,16,23H,4-12,14-15,40-41H2,1-3H3. The van der Waals surface area contributed by atoms with Crippen molar-refractivity contribution in [3.8, 4) is 11.8 Å². The Bertz CT molecular complexity index is 1490. The second-order valence-electron chi connectivity index (χ2n) is 12.0. The predicted octanol–water partition coefficient (Wildman–Crippen LogP) is 6.55. The molecule has 0 spiro atoms. The summed E-state index contributed by atoms with van der Waals surface area (Å²) in [5, 5.41) is 0.997. The molecule has 0 aromatic carbocycles. The summed E-state index contributed by atoms with van der Waals surface area (Å²) in [6, 6.07) is 0. The van der Waals surface area contributed by atoms with Gasteiger partial charge in [-0.15, -0.1) is 0 Å². The van der Waals surface area contributed by atoms with Crippen LogP contribution in [-0.4, -0.2) is 44.6 Å². The molecule has 6 rings (SSSR count). The Balaban J connectivity index is 1.42. The van der Waals surface area contributed by atoms with E-state index < -0.39 is 5.91 Å². The minimum atomic E-state index is -1.01. The van der Waals surface area contributed by atoms with Gasteiger partial charge >= 0.3 is 0 Å². The molecule has 218 valence electrons. The summed E-state index contributed by atoms with van der Waals surface area (Å²) in [5.41, 5.74) is 9.08. The minimum Gasteiger partial charge on any atom is -0.419 e. The average molecular weight is 615 g/mol. The molecule has 0 amide bonds. The Kier molecular flexibility index (Phi) is 8.13. The van der Waals surface area contributed by atoms with Gasteiger partial charge in [0.15, 0.2) is 5.78 Å². The molecule has 2 aromatic rings. The van der Waals surface area contributed by atoms with E-state index >= 15 is 0 Å². The van der Waals surface area contributed by atoms with Crippen LogP contribution in [0.5, 0.6) is 11.8 Å². The first-order valence-electron chi connectivity index (χ1n) is 14.8. The fraction of sp³-hybridized carbons (Fsp3) is 0.548. The lowest BCUT2D eigenvalue weighted by Gasteiger charge is -2.37. The fourth-order valence-electron chi connectivity index (χ4n) is 7.29. The molecule has 4 atom stereocenters. The summed E-state index contributed by atoms with van der Waals surface area (Å²) >= 11 is 6.31. The molecule has 3 aliphatic carbocycles. The number of hydrogen-bond donors (Lipinski definition) is 0. The van der Waals surface area contributed by atoms with Gasteiger partial charge in [-0.2, -0.15) is 4.98 Å². The Hall–Kier alpha value is -1.78. The van der Waals surface area contributed by atoms with E-state index in [4.69, 9.17) is 21.3 Å². The van der Waals surface area contributed by atoms with E-state index in [0.717, 1.165) is 53.4 Å². The van der Waals surface area contributed by atoms with Crippen LogP contribution in [0, 0.1) is 11.3 Å². The zero-order valence-electron chi connectivity index (χ0n) is 24.0. The summed E-state index contributed by atoms with van der Waals surface area (Å²) in [6.07, 6.45) is 9.15. The second-order valence-corrected chi connectivity index (χ2v) is 13.6. The van der Waals surface area contributed by atoms with Crippen LogP contribution in [0.1, 0.15) is 81.7 Å². The van der Waals surface area contributed by atoms with Gasteiger partial charge in [0.1, 0.15) is 5.91 Å². The third-order valence-electron chi connectivity index (χ3n) is 9.44. The highest BCUT2D eigenvalue weighted by Crippen LogP contribution is 2.61. The molecule has 1 saturated carbocycles. The Labute approximate surface area is 251 Å². The number of nitrogens with zero attached hydrogens (tertiary/aromatic N) is 4. The van der Waals surface area contributed by atoms with E-state index in [0.29, 0.717) is 50.2 Å². The van der Waals surface area contributed by atoms with Crippen molar-refractivity contribution in [2.75, 3.05) is 13.1 Å². The monoisotopic (exact) mass is 614 g/mol. The van der Waals surface area contributed by atoms with Crippen LogP contribution in [0.15, 0.2) is 22.9 Å². The van der Waals surface area contributed by atoms with Gasteiger partial charge in [-0.1, -0.05) is 39.3 Å². The highest BCUT2D eigenvalue weighted by atomic mass is 35.5. The normalized spacial score (nSPS) is 22.2. The van der Waals surface area contributed by atoms with Crippen molar-refractivity contribution < 1.29 is 13.9 Å². The third kappa shape index (κ3) is 5.30. The molecule has 4 unspecified atom stereocenters. The minimum absolute atomic E-state index is 0.126. The maximum atomic E-state index is 13.8. The van der Waals surface area contributed by atoms with E-state index in [1.807, 2.05) is 18.0 Å². The number of fused-ring (bicyclic) bond motifs is 3. The molecular formula is C31H38ClFN4O2P2. The van der Waals surface area contributed by atoms with Crippen LogP contribution in [0.4, 0.5) is 4.39 Å². The smallest absolute Gasteiger partial charge is 0.230 e. The van der Waals surface area contributed by atoms with Crippen LogP contribution < -0.4 is 10.0 Å². The summed E-state index contributed by atoms with van der Waals surface area (Å²) in [7, 11) is 5.07. The lowest BCUT2D eigenvalue weighted by Crippen LogP contribution is -2.34. The third-order valence-corrected chi connectivity index (χ3v) is 10.4. The van der Waals surface area contributed by atoms with Crippen LogP contribution >= 0.6 is 30.1 Å². The number of rotatable bonds is 8. The largest absolute Gasteiger partial charge is 0.419 e. The first-order chi connectivity index (χ1) is 19.7. The van der Waals surface area contributed by atoms with Crippen molar-refractivity contribution in [3.63, 3.8) is 0 Å². The number of alkyl halides is 1. The number of allylic oxidation sites excluding steroid dienone is 4. The number of carbonyl (C=O) groups excluding carboxylic acids is 1. The lowest BCUT2D eigenvalue weighted by atomic mass is 9.67. The molecular weight excluding hydrogens is 577 g/mol. The van der Waals surface area contributed by atoms with Gasteiger partial charge < -0.3 is 4.74 Å². The van der Waals surface area contributed by atoms with Crippen LogP contribution in [0.3, 0.4) is 0 Å². The predicted molar refractivity (Wildman–Crippen MR) is 168 cm³/mol. The lowest BCUT2D eigenvalue weighted by molar-refractivity contribution is -0.115. The van der Waals surface area contributed by atoms with Gasteiger partial charge in [-0.05, 0) is 89.3 Å². The number of hydrogen-bond acceptors (Lipinski definition) is 6. The molecule has 10 heteroatoms. The number of Topliss-reactive ketones (excluding diaryl/α,β-unsaturated/α-hetero) is 1. The number of pyridine rings is 1. The maximum absolute atomic E-state index is 13.8. The van der Waals surface area contributed by atoms with Crippen LogP contribution in [-0.2, 0) is 24.2 Å². The van der Waals surface area contributed by atoms with E-state index in [1.54, 1.807) is 0 Å². The maximum Gasteiger partial charge on any atom is 0.230 e. The van der Waals surface area contributed by atoms with Crippen molar-refractivity contribution in [1.29, 1.82) is 0 Å². The van der Waals surface area contributed by atoms with Crippen molar-refractivity contribution in [1.82, 2.24) is 19.9 Å². The van der Waals surface area contributed by atoms with Gasteiger partial charge in [0, 0.05) is 49.6 Å². The number of aryl methyl sites for hydroxylation is 1. The molecule has 0 radical (unpaired) electrons. The molecule has 3 heterocycles. The highest BCUT2D eigenvalue weighted by Gasteiger charge is 2.50. The van der Waals surface area contributed by atoms with Gasteiger partial charge in [-0.25, -0.2) is 14.4 Å². The number of carbonyl (C=O) groups is 1. The number of halogens is 2. The summed E-state index contributed by atoms with van der Waals surface area (Å²) in [6.45, 7) is 8.03. The molecule has 0 N–H and O–H groups in total. The van der Waals surface area contributed by atoms with Crippen molar-refractivity contribution >= 4 is 46.7 Å². The summed E-state index contributed by atoms with van der Waals surface area (Å²) in [5.74, 6) is 0.380. The Morgan fingerprint density at radius 2 is 2.00 bits per heavy atom. The summed E-state index contributed by atoms with van der Waals surface area (Å²) in [4.78, 5) is 29.2. The van der Waals surface area contributed by atoms with Crippen LogP contribution in [0.2, 0.25) is 5.28 Å². The van der Waals surface area contributed by atoms with Crippen molar-refractivity contribution in [2.45, 2.75) is 84.6 Å². The number of ether oxygens (including phenoxy) is 1. The first-order valence-corrected chi connectivity index (χ1v) is 16.4. The molecule has 1 fully saturated rings. The van der Waals surface area contributed by atoms with E-state index in [9.17, 15) is 9.18 Å². The molecule has 4 aliphatic rings. The van der Waals surface area contributed by atoms with E-state index in [2.05, 4.69) is 42.3 Å². The average Bonchev–Trinajstić information content (AvgIpc) is 3.74. The fourth-order valence-corrected chi connectivity index (χ4v) is 8.26. The molecule has 0 bridgehead atoms. The van der Waals surface area contributed by atoms with Gasteiger partial charge in [0.25, 0.3) is 0 Å². The van der Waals surface area contributed by atoms with E-state index in [1.165, 1.54) is 35.1 Å². The molecule has 41 heavy (non-hydrogen) atoms. The topological polar surface area (TPSA) is 68.2 Å². The van der Waals surface area contributed by atoms with Gasteiger partial charge in [0.05, 0.1) is 11.3 Å². The zero-order chi connectivity index (χ0) is 29.1. The molecule has 1 aliphatic heterocycles. The quantitative estimate of drug-likeness (QED) is 0.248. The van der Waals surface area contributed by atoms with Gasteiger partial charge in [0.2, 0.25) is 17.0 Å².